The lowest BCUT2D eigenvalue weighted by atomic mass is 10.3. The molecule has 0 saturated heterocycles. The molecule has 0 aliphatic heterocycles. The summed E-state index contributed by atoms with van der Waals surface area (Å²) in [5.74, 6) is -0.104. The van der Waals surface area contributed by atoms with Gasteiger partial charge in [0, 0.05) is 31.9 Å². The fourth-order valence-electron chi connectivity index (χ4n) is 2.70. The molecule has 0 aliphatic rings. The highest BCUT2D eigenvalue weighted by Crippen LogP contribution is 2.11. The van der Waals surface area contributed by atoms with Gasteiger partial charge in [-0.05, 0) is 38.5 Å². The van der Waals surface area contributed by atoms with Gasteiger partial charge in [0.1, 0.15) is 5.82 Å². The molecule has 0 aromatic carbocycles. The second kappa shape index (κ2) is 7.90. The van der Waals surface area contributed by atoms with Crippen LogP contribution in [0.4, 0.5) is 5.82 Å². The van der Waals surface area contributed by atoms with Gasteiger partial charge >= 0.3 is 0 Å². The third-order valence-corrected chi connectivity index (χ3v) is 4.03. The van der Waals surface area contributed by atoms with Crippen LogP contribution in [-0.2, 0) is 13.6 Å². The van der Waals surface area contributed by atoms with Crippen LogP contribution < -0.4 is 10.6 Å². The Morgan fingerprint density at radius 2 is 2.00 bits per heavy atom. The Hall–Kier alpha value is -3.36. The van der Waals surface area contributed by atoms with E-state index in [4.69, 9.17) is 4.42 Å². The molecular weight excluding hydrogens is 348 g/mol. The van der Waals surface area contributed by atoms with Crippen LogP contribution in [0.25, 0.3) is 0 Å². The zero-order valence-corrected chi connectivity index (χ0v) is 15.5. The first kappa shape index (κ1) is 18.4. The minimum atomic E-state index is -0.403. The molecule has 0 unspecified atom stereocenters. The SMILES string of the molecule is Cc1cc(C)n(CCCNC(=O)c2cc(NC(=O)c3ccco3)n(C)n2)n1. The van der Waals surface area contributed by atoms with Gasteiger partial charge in [-0.1, -0.05) is 0 Å². The molecule has 2 amide bonds. The molecule has 0 saturated carbocycles. The van der Waals surface area contributed by atoms with Gasteiger partial charge in [0.25, 0.3) is 11.8 Å². The molecular formula is C18H22N6O3. The molecule has 3 aromatic rings. The highest BCUT2D eigenvalue weighted by Gasteiger charge is 2.16. The van der Waals surface area contributed by atoms with Crippen molar-refractivity contribution in [3.8, 4) is 0 Å². The van der Waals surface area contributed by atoms with E-state index in [0.29, 0.717) is 12.4 Å². The topological polar surface area (TPSA) is 107 Å². The largest absolute Gasteiger partial charge is 0.459 e. The predicted molar refractivity (Wildman–Crippen MR) is 98.5 cm³/mol. The van der Waals surface area contributed by atoms with E-state index in [9.17, 15) is 9.59 Å². The lowest BCUT2D eigenvalue weighted by Gasteiger charge is -2.05. The lowest BCUT2D eigenvalue weighted by molar-refractivity contribution is 0.0945. The fraction of sp³-hybridized carbons (Fsp3) is 0.333. The molecule has 9 nitrogen and oxygen atoms in total. The maximum absolute atomic E-state index is 12.3. The van der Waals surface area contributed by atoms with Crippen molar-refractivity contribution in [1.82, 2.24) is 24.9 Å². The lowest BCUT2D eigenvalue weighted by Crippen LogP contribution is -2.26. The summed E-state index contributed by atoms with van der Waals surface area (Å²) in [6.45, 7) is 5.19. The number of carbonyl (C=O) groups is 2. The number of nitrogens with zero attached hydrogens (tertiary/aromatic N) is 4. The number of nitrogens with one attached hydrogen (secondary N) is 2. The Balaban J connectivity index is 1.51. The number of rotatable bonds is 7. The average Bonchev–Trinajstić information content (AvgIpc) is 3.34. The minimum absolute atomic E-state index is 0.186. The van der Waals surface area contributed by atoms with Gasteiger partial charge in [0.2, 0.25) is 0 Å². The normalized spacial score (nSPS) is 10.8. The Kier molecular flexibility index (Phi) is 5.39. The van der Waals surface area contributed by atoms with Gasteiger partial charge in [-0.25, -0.2) is 0 Å². The molecule has 0 fully saturated rings. The van der Waals surface area contributed by atoms with Crippen molar-refractivity contribution in [3.63, 3.8) is 0 Å². The van der Waals surface area contributed by atoms with Gasteiger partial charge in [-0.3, -0.25) is 19.0 Å². The quantitative estimate of drug-likeness (QED) is 0.618. The summed E-state index contributed by atoms with van der Waals surface area (Å²) in [6, 6.07) is 6.73. The van der Waals surface area contributed by atoms with Crippen molar-refractivity contribution in [2.24, 2.45) is 7.05 Å². The second-order valence-electron chi connectivity index (χ2n) is 6.23. The first-order valence-electron chi connectivity index (χ1n) is 8.62. The maximum atomic E-state index is 12.3. The number of hydrogen-bond donors (Lipinski definition) is 2. The second-order valence-corrected chi connectivity index (χ2v) is 6.23. The van der Waals surface area contributed by atoms with E-state index < -0.39 is 5.91 Å². The highest BCUT2D eigenvalue weighted by atomic mass is 16.3. The van der Waals surface area contributed by atoms with Crippen LogP contribution in [0, 0.1) is 13.8 Å². The highest BCUT2D eigenvalue weighted by molar-refractivity contribution is 6.02. The Morgan fingerprint density at radius 3 is 2.67 bits per heavy atom. The summed E-state index contributed by atoms with van der Waals surface area (Å²) in [5.41, 5.74) is 2.31. The Morgan fingerprint density at radius 1 is 1.19 bits per heavy atom. The first-order chi connectivity index (χ1) is 12.9. The van der Waals surface area contributed by atoms with E-state index in [1.165, 1.54) is 17.0 Å². The molecule has 3 heterocycles. The molecule has 0 radical (unpaired) electrons. The zero-order valence-electron chi connectivity index (χ0n) is 15.5. The van der Waals surface area contributed by atoms with E-state index in [1.54, 1.807) is 19.2 Å². The summed E-state index contributed by atoms with van der Waals surface area (Å²) in [4.78, 5) is 24.3. The van der Waals surface area contributed by atoms with Crippen molar-refractivity contribution in [2.45, 2.75) is 26.8 Å². The molecule has 2 N–H and O–H groups in total. The fourth-order valence-corrected chi connectivity index (χ4v) is 2.70. The van der Waals surface area contributed by atoms with Crippen LogP contribution in [0.3, 0.4) is 0 Å². The summed E-state index contributed by atoms with van der Waals surface area (Å²) < 4.78 is 8.40. The maximum Gasteiger partial charge on any atom is 0.292 e. The first-order valence-corrected chi connectivity index (χ1v) is 8.62. The molecule has 27 heavy (non-hydrogen) atoms. The monoisotopic (exact) mass is 370 g/mol. The third kappa shape index (κ3) is 4.43. The molecule has 0 atom stereocenters. The van der Waals surface area contributed by atoms with Gasteiger partial charge in [0.15, 0.2) is 11.5 Å². The predicted octanol–water partition coefficient (Wildman–Crippen LogP) is 1.90. The van der Waals surface area contributed by atoms with Gasteiger partial charge in [-0.15, -0.1) is 0 Å². The van der Waals surface area contributed by atoms with Gasteiger partial charge in [0.05, 0.1) is 12.0 Å². The number of aromatic nitrogens is 4. The van der Waals surface area contributed by atoms with Crippen LogP contribution in [0.5, 0.6) is 0 Å². The van der Waals surface area contributed by atoms with Crippen LogP contribution in [0.2, 0.25) is 0 Å². The van der Waals surface area contributed by atoms with E-state index in [1.807, 2.05) is 24.6 Å². The van der Waals surface area contributed by atoms with Crippen molar-refractivity contribution >= 4 is 17.6 Å². The number of furan rings is 1. The molecule has 142 valence electrons. The van der Waals surface area contributed by atoms with Gasteiger partial charge in [-0.2, -0.15) is 10.2 Å². The van der Waals surface area contributed by atoms with Crippen LogP contribution >= 0.6 is 0 Å². The summed E-state index contributed by atoms with van der Waals surface area (Å²) >= 11 is 0. The minimum Gasteiger partial charge on any atom is -0.459 e. The smallest absolute Gasteiger partial charge is 0.292 e. The Bertz CT molecular complexity index is 939. The van der Waals surface area contributed by atoms with Crippen LogP contribution in [0.15, 0.2) is 34.9 Å². The van der Waals surface area contributed by atoms with Crippen molar-refractivity contribution < 1.29 is 14.0 Å². The molecule has 3 rings (SSSR count). The average molecular weight is 370 g/mol. The molecule has 3 aromatic heterocycles. The van der Waals surface area contributed by atoms with Gasteiger partial charge < -0.3 is 15.1 Å². The van der Waals surface area contributed by atoms with Crippen molar-refractivity contribution in [3.05, 3.63) is 53.4 Å². The van der Waals surface area contributed by atoms with E-state index in [2.05, 4.69) is 20.8 Å². The molecule has 9 heteroatoms. The number of hydrogen-bond acceptors (Lipinski definition) is 5. The number of anilines is 1. The summed E-state index contributed by atoms with van der Waals surface area (Å²) in [5, 5.41) is 14.0. The van der Waals surface area contributed by atoms with E-state index in [0.717, 1.165) is 24.4 Å². The van der Waals surface area contributed by atoms with E-state index in [-0.39, 0.29) is 17.4 Å². The van der Waals surface area contributed by atoms with Crippen LogP contribution in [0.1, 0.15) is 38.9 Å². The van der Waals surface area contributed by atoms with E-state index >= 15 is 0 Å². The summed E-state index contributed by atoms with van der Waals surface area (Å²) in [6.07, 6.45) is 2.17. The number of aryl methyl sites for hydroxylation is 4. The number of carbonyl (C=O) groups excluding carboxylic acids is 2. The zero-order chi connectivity index (χ0) is 19.4. The molecule has 0 aliphatic carbocycles. The standard InChI is InChI=1S/C18H22N6O3/c1-12-10-13(2)24(21-12)8-5-7-19-17(25)14-11-16(23(3)22-14)20-18(26)15-6-4-9-27-15/h4,6,9-11H,5,7-8H2,1-3H3,(H,19,25)(H,20,26). The Labute approximate surface area is 156 Å². The van der Waals surface area contributed by atoms with Crippen molar-refractivity contribution in [2.75, 3.05) is 11.9 Å². The molecule has 0 spiro atoms. The third-order valence-electron chi connectivity index (χ3n) is 4.03. The molecule has 0 bridgehead atoms. The number of amides is 2. The summed E-state index contributed by atoms with van der Waals surface area (Å²) in [7, 11) is 1.65. The van der Waals surface area contributed by atoms with Crippen LogP contribution in [-0.4, -0.2) is 37.9 Å². The van der Waals surface area contributed by atoms with Crippen molar-refractivity contribution in [1.29, 1.82) is 0 Å².